The summed E-state index contributed by atoms with van der Waals surface area (Å²) in [6.07, 6.45) is -4.41. The van der Waals surface area contributed by atoms with Crippen LogP contribution in [0.2, 0.25) is 0 Å². The van der Waals surface area contributed by atoms with Gasteiger partial charge in [0.15, 0.2) is 0 Å². The molecular weight excluding hydrogens is 611 g/mol. The Balaban J connectivity index is 1.53. The fourth-order valence-electron chi connectivity index (χ4n) is 4.79. The number of amides is 3. The number of nitrogens with zero attached hydrogens (tertiary/aromatic N) is 1. The van der Waals surface area contributed by atoms with Crippen LogP contribution in [0.3, 0.4) is 0 Å². The van der Waals surface area contributed by atoms with Crippen LogP contribution in [0.1, 0.15) is 56.8 Å². The van der Waals surface area contributed by atoms with Gasteiger partial charge in [-0.25, -0.2) is 0 Å². The number of hydrogen-bond donors (Lipinski definition) is 2. The molecule has 4 rings (SSSR count). The summed E-state index contributed by atoms with van der Waals surface area (Å²) in [5.74, 6) is -1.79. The van der Waals surface area contributed by atoms with E-state index < -0.39 is 35.6 Å². The Labute approximate surface area is 270 Å². The standard InChI is InChI=1S/C36H34F3N3O5/c1-4-32(43)40-31(25-10-6-5-7-11-25)22-47-33(44)21-23-14-19-30(29(20-23)35(46)42(2)3)41-34(45)28-13-9-8-12-27(28)24-15-17-26(18-16-24)36(37,38)39/h5-20,31H,4,21-22H2,1-3H3,(H,40,43)(H,41,45)/t31-/m1/s1. The third-order valence-corrected chi connectivity index (χ3v) is 7.28. The van der Waals surface area contributed by atoms with E-state index in [0.717, 1.165) is 17.7 Å². The van der Waals surface area contributed by atoms with Crippen molar-refractivity contribution < 1.29 is 37.1 Å². The number of halogens is 3. The lowest BCUT2D eigenvalue weighted by molar-refractivity contribution is -0.144. The number of carbonyl (C=O) groups excluding carboxylic acids is 4. The number of hydrogen-bond acceptors (Lipinski definition) is 5. The molecule has 0 radical (unpaired) electrons. The quantitative estimate of drug-likeness (QED) is 0.177. The topological polar surface area (TPSA) is 105 Å². The fraction of sp³-hybridized carbons (Fsp3) is 0.222. The Morgan fingerprint density at radius 3 is 2.13 bits per heavy atom. The Hall–Kier alpha value is -5.45. The molecule has 11 heteroatoms. The van der Waals surface area contributed by atoms with E-state index >= 15 is 0 Å². The minimum absolute atomic E-state index is 0.0927. The summed E-state index contributed by atoms with van der Waals surface area (Å²) < 4.78 is 44.8. The molecule has 2 N–H and O–H groups in total. The van der Waals surface area contributed by atoms with Crippen LogP contribution in [0.15, 0.2) is 97.1 Å². The molecule has 0 saturated heterocycles. The fourth-order valence-corrected chi connectivity index (χ4v) is 4.79. The first-order valence-corrected chi connectivity index (χ1v) is 14.8. The molecule has 0 aliphatic rings. The molecule has 3 amide bonds. The minimum atomic E-state index is -4.50. The largest absolute Gasteiger partial charge is 0.463 e. The molecule has 0 saturated carbocycles. The van der Waals surface area contributed by atoms with Crippen molar-refractivity contribution in [2.24, 2.45) is 0 Å². The third-order valence-electron chi connectivity index (χ3n) is 7.28. The maximum absolute atomic E-state index is 13.5. The van der Waals surface area contributed by atoms with E-state index in [4.69, 9.17) is 4.74 Å². The van der Waals surface area contributed by atoms with Crippen molar-refractivity contribution in [2.45, 2.75) is 32.0 Å². The third kappa shape index (κ3) is 9.06. The summed E-state index contributed by atoms with van der Waals surface area (Å²) in [6.45, 7) is 1.63. The highest BCUT2D eigenvalue weighted by atomic mass is 19.4. The van der Waals surface area contributed by atoms with Crippen LogP contribution >= 0.6 is 0 Å². The molecule has 4 aromatic carbocycles. The maximum atomic E-state index is 13.5. The number of ether oxygens (including phenoxy) is 1. The van der Waals surface area contributed by atoms with Crippen molar-refractivity contribution in [3.8, 4) is 11.1 Å². The van der Waals surface area contributed by atoms with Crippen molar-refractivity contribution in [3.63, 3.8) is 0 Å². The van der Waals surface area contributed by atoms with E-state index in [1.54, 1.807) is 45.3 Å². The first-order valence-electron chi connectivity index (χ1n) is 14.8. The van der Waals surface area contributed by atoms with Crippen LogP contribution in [0.5, 0.6) is 0 Å². The summed E-state index contributed by atoms with van der Waals surface area (Å²) in [5.41, 5.74) is 1.73. The molecule has 0 unspecified atom stereocenters. The SMILES string of the molecule is CCC(=O)N[C@H](COC(=O)Cc1ccc(NC(=O)c2ccccc2-c2ccc(C(F)(F)F)cc2)c(C(=O)N(C)C)c1)c1ccccc1. The highest BCUT2D eigenvalue weighted by Crippen LogP contribution is 2.32. The zero-order valence-electron chi connectivity index (χ0n) is 26.1. The molecular formula is C36H34F3N3O5. The van der Waals surface area contributed by atoms with Crippen molar-refractivity contribution in [1.82, 2.24) is 10.2 Å². The molecule has 47 heavy (non-hydrogen) atoms. The maximum Gasteiger partial charge on any atom is 0.416 e. The van der Waals surface area contributed by atoms with Gasteiger partial charge in [0, 0.05) is 26.1 Å². The van der Waals surface area contributed by atoms with Gasteiger partial charge in [0.25, 0.3) is 11.8 Å². The lowest BCUT2D eigenvalue weighted by Gasteiger charge is -2.19. The molecule has 1 atom stereocenters. The van der Waals surface area contributed by atoms with Gasteiger partial charge < -0.3 is 20.3 Å². The second-order valence-electron chi connectivity index (χ2n) is 10.9. The Kier molecular flexibility index (Phi) is 11.1. The number of rotatable bonds is 11. The molecule has 0 spiro atoms. The zero-order valence-corrected chi connectivity index (χ0v) is 26.1. The van der Waals surface area contributed by atoms with Crippen LogP contribution in [-0.4, -0.2) is 49.3 Å². The van der Waals surface area contributed by atoms with E-state index in [9.17, 15) is 32.3 Å². The smallest absolute Gasteiger partial charge is 0.416 e. The number of alkyl halides is 3. The van der Waals surface area contributed by atoms with E-state index in [1.807, 2.05) is 30.3 Å². The Morgan fingerprint density at radius 1 is 0.830 bits per heavy atom. The molecule has 8 nitrogen and oxygen atoms in total. The van der Waals surface area contributed by atoms with E-state index in [0.29, 0.717) is 16.7 Å². The number of nitrogens with one attached hydrogen (secondary N) is 2. The van der Waals surface area contributed by atoms with Gasteiger partial charge in [0.2, 0.25) is 5.91 Å². The van der Waals surface area contributed by atoms with Crippen LogP contribution in [0.25, 0.3) is 11.1 Å². The second-order valence-corrected chi connectivity index (χ2v) is 10.9. The summed E-state index contributed by atoms with van der Waals surface area (Å²) in [5, 5.41) is 5.60. The van der Waals surface area contributed by atoms with Crippen molar-refractivity contribution in [2.75, 3.05) is 26.0 Å². The predicted octanol–water partition coefficient (Wildman–Crippen LogP) is 6.68. The average molecular weight is 646 g/mol. The average Bonchev–Trinajstić information content (AvgIpc) is 3.06. The lowest BCUT2D eigenvalue weighted by atomic mass is 9.97. The molecule has 0 fully saturated rings. The monoisotopic (exact) mass is 645 g/mol. The van der Waals surface area contributed by atoms with Gasteiger partial charge in [-0.15, -0.1) is 0 Å². The number of anilines is 1. The van der Waals surface area contributed by atoms with Crippen LogP contribution in [0.4, 0.5) is 18.9 Å². The molecule has 0 aliphatic carbocycles. The second kappa shape index (κ2) is 15.2. The van der Waals surface area contributed by atoms with Crippen LogP contribution in [0, 0.1) is 0 Å². The summed E-state index contributed by atoms with van der Waals surface area (Å²) in [7, 11) is 3.09. The van der Waals surface area contributed by atoms with Gasteiger partial charge in [0.05, 0.1) is 29.3 Å². The van der Waals surface area contributed by atoms with E-state index in [2.05, 4.69) is 10.6 Å². The highest BCUT2D eigenvalue weighted by Gasteiger charge is 2.30. The van der Waals surface area contributed by atoms with Crippen LogP contribution in [-0.2, 0) is 26.9 Å². The molecule has 0 aliphatic heterocycles. The molecule has 0 aromatic heterocycles. The molecule has 244 valence electrons. The first-order chi connectivity index (χ1) is 22.4. The summed E-state index contributed by atoms with van der Waals surface area (Å²) in [4.78, 5) is 52.9. The van der Waals surface area contributed by atoms with Crippen LogP contribution < -0.4 is 10.6 Å². The predicted molar refractivity (Wildman–Crippen MR) is 172 cm³/mol. The van der Waals surface area contributed by atoms with Gasteiger partial charge in [-0.3, -0.25) is 19.2 Å². The lowest BCUT2D eigenvalue weighted by Crippen LogP contribution is -2.31. The van der Waals surface area contributed by atoms with Gasteiger partial charge in [-0.05, 0) is 52.6 Å². The molecule has 0 bridgehead atoms. The van der Waals surface area contributed by atoms with E-state index in [1.165, 1.54) is 35.2 Å². The van der Waals surface area contributed by atoms with Crippen molar-refractivity contribution >= 4 is 29.4 Å². The minimum Gasteiger partial charge on any atom is -0.463 e. The van der Waals surface area contributed by atoms with Crippen molar-refractivity contribution in [3.05, 3.63) is 125 Å². The molecule has 0 heterocycles. The van der Waals surface area contributed by atoms with Gasteiger partial charge >= 0.3 is 12.1 Å². The van der Waals surface area contributed by atoms with E-state index in [-0.39, 0.29) is 42.2 Å². The number of esters is 1. The Morgan fingerprint density at radius 2 is 1.49 bits per heavy atom. The van der Waals surface area contributed by atoms with Crippen molar-refractivity contribution in [1.29, 1.82) is 0 Å². The number of carbonyl (C=O) groups is 4. The Bertz CT molecular complexity index is 1740. The van der Waals surface area contributed by atoms with Gasteiger partial charge in [-0.1, -0.05) is 73.7 Å². The van der Waals surface area contributed by atoms with Gasteiger partial charge in [-0.2, -0.15) is 13.2 Å². The highest BCUT2D eigenvalue weighted by molar-refractivity contribution is 6.11. The van der Waals surface area contributed by atoms with Gasteiger partial charge in [0.1, 0.15) is 6.61 Å². The first kappa shape index (κ1) is 34.4. The molecule has 4 aromatic rings. The summed E-state index contributed by atoms with van der Waals surface area (Å²) in [6, 6.07) is 24.1. The number of benzene rings is 4. The normalized spacial score (nSPS) is 11.7. The zero-order chi connectivity index (χ0) is 34.1. The summed E-state index contributed by atoms with van der Waals surface area (Å²) >= 11 is 0.